The Morgan fingerprint density at radius 3 is 2.83 bits per heavy atom. The van der Waals surface area contributed by atoms with Crippen LogP contribution in [-0.4, -0.2) is 22.7 Å². The zero-order chi connectivity index (χ0) is 13.0. The van der Waals surface area contributed by atoms with Crippen molar-refractivity contribution in [2.45, 2.75) is 32.9 Å². The summed E-state index contributed by atoms with van der Waals surface area (Å²) in [5.41, 5.74) is 3.30. The second-order valence-corrected chi connectivity index (χ2v) is 4.65. The molecule has 0 bridgehead atoms. The summed E-state index contributed by atoms with van der Waals surface area (Å²) in [4.78, 5) is 4.48. The highest BCUT2D eigenvalue weighted by Gasteiger charge is 2.04. The summed E-state index contributed by atoms with van der Waals surface area (Å²) >= 11 is 0. The van der Waals surface area contributed by atoms with Gasteiger partial charge in [-0.15, -0.1) is 0 Å². The molecule has 2 N–H and O–H groups in total. The lowest BCUT2D eigenvalue weighted by atomic mass is 10.1. The molecule has 0 fully saturated rings. The maximum absolute atomic E-state index is 9.13. The van der Waals surface area contributed by atoms with Gasteiger partial charge < -0.3 is 10.4 Å². The van der Waals surface area contributed by atoms with Gasteiger partial charge in [0.1, 0.15) is 0 Å². The van der Waals surface area contributed by atoms with E-state index in [9.17, 15) is 0 Å². The van der Waals surface area contributed by atoms with Crippen LogP contribution in [0.1, 0.15) is 24.6 Å². The maximum atomic E-state index is 9.13. The van der Waals surface area contributed by atoms with Gasteiger partial charge in [-0.2, -0.15) is 0 Å². The summed E-state index contributed by atoms with van der Waals surface area (Å²) in [5, 5.41) is 13.6. The van der Waals surface area contributed by atoms with Gasteiger partial charge in [0, 0.05) is 23.7 Å². The Bertz CT molecular complexity index is 521. The number of hydrogen-bond donors (Lipinski definition) is 2. The molecule has 2 rings (SSSR count). The van der Waals surface area contributed by atoms with E-state index < -0.39 is 0 Å². The minimum Gasteiger partial charge on any atom is -0.395 e. The summed E-state index contributed by atoms with van der Waals surface area (Å²) < 4.78 is 0. The minimum atomic E-state index is 0.178. The quantitative estimate of drug-likeness (QED) is 0.849. The molecule has 18 heavy (non-hydrogen) atoms. The van der Waals surface area contributed by atoms with Crippen molar-refractivity contribution in [1.82, 2.24) is 10.3 Å². The Labute approximate surface area is 108 Å². The first-order chi connectivity index (χ1) is 8.72. The highest BCUT2D eigenvalue weighted by molar-refractivity contribution is 5.79. The fraction of sp³-hybridized carbons (Fsp3) is 0.400. The average molecular weight is 244 g/mol. The fourth-order valence-corrected chi connectivity index (χ4v) is 1.99. The predicted molar refractivity (Wildman–Crippen MR) is 74.5 cm³/mol. The van der Waals surface area contributed by atoms with E-state index in [-0.39, 0.29) is 12.6 Å². The molecule has 0 aliphatic heterocycles. The van der Waals surface area contributed by atoms with Gasteiger partial charge in [0.2, 0.25) is 0 Å². The second-order valence-electron chi connectivity index (χ2n) is 4.65. The highest BCUT2D eigenvalue weighted by atomic mass is 16.3. The Kier molecular flexibility index (Phi) is 4.28. The Balaban J connectivity index is 2.12. The zero-order valence-electron chi connectivity index (χ0n) is 11.0. The summed E-state index contributed by atoms with van der Waals surface area (Å²) in [6, 6.07) is 10.6. The highest BCUT2D eigenvalue weighted by Crippen LogP contribution is 2.14. The van der Waals surface area contributed by atoms with Gasteiger partial charge >= 0.3 is 0 Å². The van der Waals surface area contributed by atoms with Crippen molar-refractivity contribution < 1.29 is 5.11 Å². The maximum Gasteiger partial charge on any atom is 0.0705 e. The first-order valence-electron chi connectivity index (χ1n) is 6.43. The predicted octanol–water partition coefficient (Wildman–Crippen LogP) is 2.40. The van der Waals surface area contributed by atoms with E-state index >= 15 is 0 Å². The van der Waals surface area contributed by atoms with Crippen molar-refractivity contribution in [3.05, 3.63) is 41.6 Å². The third-order valence-corrected chi connectivity index (χ3v) is 3.20. The first kappa shape index (κ1) is 13.0. The molecule has 0 amide bonds. The summed E-state index contributed by atoms with van der Waals surface area (Å²) in [5.74, 6) is 0. The number of aryl methyl sites for hydroxylation is 1. The van der Waals surface area contributed by atoms with Crippen molar-refractivity contribution in [1.29, 1.82) is 0 Å². The first-order valence-corrected chi connectivity index (χ1v) is 6.43. The van der Waals surface area contributed by atoms with Gasteiger partial charge in [-0.05, 0) is 37.1 Å². The monoisotopic (exact) mass is 244 g/mol. The largest absolute Gasteiger partial charge is 0.395 e. The third-order valence-electron chi connectivity index (χ3n) is 3.20. The summed E-state index contributed by atoms with van der Waals surface area (Å²) in [6.45, 7) is 5.04. The molecule has 96 valence electrons. The molecule has 3 heteroatoms. The fourth-order valence-electron chi connectivity index (χ4n) is 1.99. The lowest BCUT2D eigenvalue weighted by Crippen LogP contribution is -2.31. The number of aliphatic hydroxyl groups is 1. The van der Waals surface area contributed by atoms with Crippen molar-refractivity contribution in [2.24, 2.45) is 0 Å². The molecule has 1 heterocycles. The average Bonchev–Trinajstić information content (AvgIpc) is 2.40. The standard InChI is InChI=1S/C15H20N2O/c1-3-14(10-18)16-9-12-5-7-15-13(8-12)6-4-11(2)17-15/h4-8,14,16,18H,3,9-10H2,1-2H3/t14-/m1/s1. The molecule has 1 aromatic carbocycles. The van der Waals surface area contributed by atoms with E-state index in [1.807, 2.05) is 13.0 Å². The third kappa shape index (κ3) is 3.06. The smallest absolute Gasteiger partial charge is 0.0705 e. The number of nitrogens with zero attached hydrogens (tertiary/aromatic N) is 1. The van der Waals surface area contributed by atoms with E-state index in [0.717, 1.165) is 29.6 Å². The molecule has 0 spiro atoms. The van der Waals surface area contributed by atoms with Gasteiger partial charge in [-0.25, -0.2) is 0 Å². The Morgan fingerprint density at radius 2 is 2.11 bits per heavy atom. The van der Waals surface area contributed by atoms with Crippen LogP contribution >= 0.6 is 0 Å². The molecular formula is C15H20N2O. The molecule has 0 unspecified atom stereocenters. The van der Waals surface area contributed by atoms with Crippen LogP contribution in [0.25, 0.3) is 10.9 Å². The lowest BCUT2D eigenvalue weighted by molar-refractivity contribution is 0.238. The van der Waals surface area contributed by atoms with Crippen LogP contribution in [0.2, 0.25) is 0 Å². The van der Waals surface area contributed by atoms with Gasteiger partial charge in [0.25, 0.3) is 0 Å². The molecular weight excluding hydrogens is 224 g/mol. The number of hydrogen-bond acceptors (Lipinski definition) is 3. The van der Waals surface area contributed by atoms with Crippen molar-refractivity contribution in [3.8, 4) is 0 Å². The van der Waals surface area contributed by atoms with E-state index in [1.165, 1.54) is 5.56 Å². The van der Waals surface area contributed by atoms with Gasteiger partial charge in [0.05, 0.1) is 12.1 Å². The number of aromatic nitrogens is 1. The van der Waals surface area contributed by atoms with Crippen molar-refractivity contribution in [2.75, 3.05) is 6.61 Å². The van der Waals surface area contributed by atoms with Crippen LogP contribution in [-0.2, 0) is 6.54 Å². The van der Waals surface area contributed by atoms with E-state index in [1.54, 1.807) is 0 Å². The molecule has 0 aliphatic carbocycles. The molecule has 0 aliphatic rings. The van der Waals surface area contributed by atoms with E-state index in [4.69, 9.17) is 5.11 Å². The lowest BCUT2D eigenvalue weighted by Gasteiger charge is -2.14. The molecule has 2 aromatic rings. The molecule has 0 saturated heterocycles. The Hall–Kier alpha value is -1.45. The van der Waals surface area contributed by atoms with Gasteiger partial charge in [-0.3, -0.25) is 4.98 Å². The van der Waals surface area contributed by atoms with Crippen molar-refractivity contribution >= 4 is 10.9 Å². The number of aliphatic hydroxyl groups excluding tert-OH is 1. The van der Waals surface area contributed by atoms with Crippen LogP contribution < -0.4 is 5.32 Å². The molecule has 1 aromatic heterocycles. The van der Waals surface area contributed by atoms with Gasteiger partial charge in [0.15, 0.2) is 0 Å². The van der Waals surface area contributed by atoms with Crippen LogP contribution in [0.5, 0.6) is 0 Å². The molecule has 0 saturated carbocycles. The van der Waals surface area contributed by atoms with Crippen LogP contribution in [0.15, 0.2) is 30.3 Å². The van der Waals surface area contributed by atoms with Gasteiger partial charge in [-0.1, -0.05) is 19.1 Å². The van der Waals surface area contributed by atoms with E-state index in [2.05, 4.69) is 41.5 Å². The molecule has 0 radical (unpaired) electrons. The molecule has 3 nitrogen and oxygen atoms in total. The van der Waals surface area contributed by atoms with Crippen LogP contribution in [0, 0.1) is 6.92 Å². The summed E-state index contributed by atoms with van der Waals surface area (Å²) in [6.07, 6.45) is 0.935. The number of fused-ring (bicyclic) bond motifs is 1. The van der Waals surface area contributed by atoms with Crippen LogP contribution in [0.4, 0.5) is 0 Å². The topological polar surface area (TPSA) is 45.1 Å². The molecule has 1 atom stereocenters. The summed E-state index contributed by atoms with van der Waals surface area (Å²) in [7, 11) is 0. The minimum absolute atomic E-state index is 0.178. The SMILES string of the molecule is CC[C@H](CO)NCc1ccc2nc(C)ccc2c1. The second kappa shape index (κ2) is 5.94. The number of benzene rings is 1. The number of rotatable bonds is 5. The normalized spacial score (nSPS) is 12.8. The van der Waals surface area contributed by atoms with Crippen LogP contribution in [0.3, 0.4) is 0 Å². The van der Waals surface area contributed by atoms with Crippen molar-refractivity contribution in [3.63, 3.8) is 0 Å². The zero-order valence-corrected chi connectivity index (χ0v) is 11.0. The Morgan fingerprint density at radius 1 is 1.28 bits per heavy atom. The number of nitrogens with one attached hydrogen (secondary N) is 1. The number of pyridine rings is 1. The van der Waals surface area contributed by atoms with E-state index in [0.29, 0.717) is 0 Å².